The average molecular weight is 279 g/mol. The van der Waals surface area contributed by atoms with Gasteiger partial charge < -0.3 is 5.73 Å². The second kappa shape index (κ2) is 5.72. The molecule has 0 saturated carbocycles. The van der Waals surface area contributed by atoms with Gasteiger partial charge in [-0.3, -0.25) is 4.68 Å². The Balaban J connectivity index is 2.26. The van der Waals surface area contributed by atoms with Crippen molar-refractivity contribution in [2.75, 3.05) is 0 Å². The van der Waals surface area contributed by atoms with Crippen LogP contribution in [-0.2, 0) is 18.5 Å². The predicted octanol–water partition coefficient (Wildman–Crippen LogP) is 2.76. The van der Waals surface area contributed by atoms with Crippen molar-refractivity contribution in [2.24, 2.45) is 5.73 Å². The summed E-state index contributed by atoms with van der Waals surface area (Å²) in [5.74, 6) is 0.895. The van der Waals surface area contributed by atoms with Crippen molar-refractivity contribution in [1.29, 1.82) is 0 Å². The first-order valence-corrected chi connectivity index (χ1v) is 6.83. The van der Waals surface area contributed by atoms with Crippen LogP contribution in [-0.4, -0.2) is 14.8 Å². The summed E-state index contributed by atoms with van der Waals surface area (Å²) in [6.45, 7) is 4.94. The van der Waals surface area contributed by atoms with Gasteiger partial charge in [0.25, 0.3) is 0 Å². The Morgan fingerprint density at radius 1 is 1.37 bits per heavy atom. The van der Waals surface area contributed by atoms with Crippen molar-refractivity contribution >= 4 is 11.6 Å². The van der Waals surface area contributed by atoms with Crippen molar-refractivity contribution in [3.8, 4) is 0 Å². The van der Waals surface area contributed by atoms with Gasteiger partial charge in [0.2, 0.25) is 0 Å². The smallest absolute Gasteiger partial charge is 0.138 e. The maximum Gasteiger partial charge on any atom is 0.138 e. The second-order valence-corrected chi connectivity index (χ2v) is 5.38. The van der Waals surface area contributed by atoms with Crippen LogP contribution in [0.15, 0.2) is 30.6 Å². The monoisotopic (exact) mass is 278 g/mol. The van der Waals surface area contributed by atoms with Gasteiger partial charge in [-0.1, -0.05) is 36.7 Å². The van der Waals surface area contributed by atoms with E-state index in [4.69, 9.17) is 17.3 Å². The molecule has 2 aromatic rings. The number of aromatic nitrogens is 3. The van der Waals surface area contributed by atoms with E-state index in [0.717, 1.165) is 24.4 Å². The Bertz CT molecular complexity index is 548. The summed E-state index contributed by atoms with van der Waals surface area (Å²) >= 11 is 6.23. The minimum absolute atomic E-state index is 0.559. The summed E-state index contributed by atoms with van der Waals surface area (Å²) in [5, 5.41) is 4.91. The van der Waals surface area contributed by atoms with Crippen molar-refractivity contribution < 1.29 is 0 Å². The molecule has 1 heterocycles. The highest BCUT2D eigenvalue weighted by molar-refractivity contribution is 6.31. The van der Waals surface area contributed by atoms with Crippen molar-refractivity contribution in [3.05, 3.63) is 47.0 Å². The lowest BCUT2D eigenvalue weighted by atomic mass is 9.89. The summed E-state index contributed by atoms with van der Waals surface area (Å²) in [6.07, 6.45) is 3.20. The summed E-state index contributed by atoms with van der Waals surface area (Å²) in [5.41, 5.74) is 6.80. The summed E-state index contributed by atoms with van der Waals surface area (Å²) in [6, 6.07) is 7.67. The van der Waals surface area contributed by atoms with Crippen LogP contribution in [0.1, 0.15) is 31.7 Å². The third-order valence-corrected chi connectivity index (χ3v) is 3.48. The fraction of sp³-hybridized carbons (Fsp3) is 0.429. The van der Waals surface area contributed by atoms with Gasteiger partial charge in [-0.25, -0.2) is 4.98 Å². The molecule has 0 radical (unpaired) electrons. The zero-order valence-corrected chi connectivity index (χ0v) is 12.1. The zero-order valence-electron chi connectivity index (χ0n) is 11.3. The minimum Gasteiger partial charge on any atom is -0.321 e. The predicted molar refractivity (Wildman–Crippen MR) is 77.0 cm³/mol. The number of aryl methyl sites for hydroxylation is 1. The van der Waals surface area contributed by atoms with Crippen LogP contribution in [0.5, 0.6) is 0 Å². The molecule has 1 atom stereocenters. The quantitative estimate of drug-likeness (QED) is 0.915. The van der Waals surface area contributed by atoms with E-state index in [2.05, 4.69) is 17.0 Å². The van der Waals surface area contributed by atoms with Gasteiger partial charge in [0.05, 0.1) is 0 Å². The topological polar surface area (TPSA) is 56.7 Å². The third-order valence-electron chi connectivity index (χ3n) is 3.15. The molecule has 19 heavy (non-hydrogen) atoms. The Labute approximate surface area is 118 Å². The summed E-state index contributed by atoms with van der Waals surface area (Å²) < 4.78 is 1.90. The number of hydrogen-bond donors (Lipinski definition) is 1. The lowest BCUT2D eigenvalue weighted by Gasteiger charge is -2.26. The molecule has 5 heteroatoms. The Kier molecular flexibility index (Phi) is 4.22. The van der Waals surface area contributed by atoms with Gasteiger partial charge in [-0.05, 0) is 25.0 Å². The fourth-order valence-electron chi connectivity index (χ4n) is 2.17. The lowest BCUT2D eigenvalue weighted by molar-refractivity contribution is 0.451. The highest BCUT2D eigenvalue weighted by Crippen LogP contribution is 2.28. The van der Waals surface area contributed by atoms with Crippen LogP contribution in [0.2, 0.25) is 5.02 Å². The second-order valence-electron chi connectivity index (χ2n) is 4.97. The van der Waals surface area contributed by atoms with Gasteiger partial charge in [0, 0.05) is 23.5 Å². The standard InChI is InChI=1S/C14H19ClN4/c1-3-8-19-13(17-10-18-19)9-14(2,16)11-6-4-5-7-12(11)15/h4-7,10H,3,8-9,16H2,1-2H3. The number of nitrogens with zero attached hydrogens (tertiary/aromatic N) is 3. The molecule has 0 saturated heterocycles. The zero-order chi connectivity index (χ0) is 13.9. The number of halogens is 1. The normalized spacial score (nSPS) is 14.3. The number of hydrogen-bond acceptors (Lipinski definition) is 3. The third kappa shape index (κ3) is 3.14. The van der Waals surface area contributed by atoms with Crippen LogP contribution in [0.25, 0.3) is 0 Å². The fourth-order valence-corrected chi connectivity index (χ4v) is 2.52. The maximum absolute atomic E-state index is 6.43. The van der Waals surface area contributed by atoms with Crippen molar-refractivity contribution in [2.45, 2.75) is 38.8 Å². The molecular formula is C14H19ClN4. The molecule has 0 amide bonds. The number of nitrogens with two attached hydrogens (primary N) is 1. The summed E-state index contributed by atoms with van der Waals surface area (Å²) in [4.78, 5) is 4.30. The van der Waals surface area contributed by atoms with E-state index >= 15 is 0 Å². The molecule has 0 aliphatic carbocycles. The van der Waals surface area contributed by atoms with Gasteiger partial charge in [-0.2, -0.15) is 5.10 Å². The van der Waals surface area contributed by atoms with Crippen molar-refractivity contribution in [3.63, 3.8) is 0 Å². The molecule has 1 aromatic carbocycles. The molecule has 4 nitrogen and oxygen atoms in total. The maximum atomic E-state index is 6.43. The van der Waals surface area contributed by atoms with Crippen LogP contribution in [0, 0.1) is 0 Å². The van der Waals surface area contributed by atoms with Crippen molar-refractivity contribution in [1.82, 2.24) is 14.8 Å². The first-order chi connectivity index (χ1) is 9.04. The van der Waals surface area contributed by atoms with E-state index in [1.807, 2.05) is 35.9 Å². The number of rotatable bonds is 5. The van der Waals surface area contributed by atoms with Gasteiger partial charge in [0.15, 0.2) is 0 Å². The summed E-state index contributed by atoms with van der Waals surface area (Å²) in [7, 11) is 0. The first kappa shape index (κ1) is 14.0. The van der Waals surface area contributed by atoms with E-state index in [1.165, 1.54) is 0 Å². The van der Waals surface area contributed by atoms with Crippen LogP contribution < -0.4 is 5.73 Å². The first-order valence-electron chi connectivity index (χ1n) is 6.45. The minimum atomic E-state index is -0.559. The van der Waals surface area contributed by atoms with E-state index in [0.29, 0.717) is 11.4 Å². The Hall–Kier alpha value is -1.39. The lowest BCUT2D eigenvalue weighted by Crippen LogP contribution is -2.37. The van der Waals surface area contributed by atoms with E-state index in [1.54, 1.807) is 6.33 Å². The molecule has 2 N–H and O–H groups in total. The van der Waals surface area contributed by atoms with E-state index in [-0.39, 0.29) is 0 Å². The Morgan fingerprint density at radius 3 is 2.79 bits per heavy atom. The highest BCUT2D eigenvalue weighted by atomic mass is 35.5. The van der Waals surface area contributed by atoms with Gasteiger partial charge >= 0.3 is 0 Å². The molecule has 0 aliphatic heterocycles. The van der Waals surface area contributed by atoms with Gasteiger partial charge in [-0.15, -0.1) is 0 Å². The molecule has 0 bridgehead atoms. The van der Waals surface area contributed by atoms with Crippen LogP contribution in [0.3, 0.4) is 0 Å². The van der Waals surface area contributed by atoms with Crippen LogP contribution >= 0.6 is 11.6 Å². The molecular weight excluding hydrogens is 260 g/mol. The highest BCUT2D eigenvalue weighted by Gasteiger charge is 2.26. The molecule has 102 valence electrons. The number of benzene rings is 1. The molecule has 1 unspecified atom stereocenters. The molecule has 0 aliphatic rings. The molecule has 0 spiro atoms. The molecule has 1 aromatic heterocycles. The van der Waals surface area contributed by atoms with Gasteiger partial charge in [0.1, 0.15) is 12.2 Å². The van der Waals surface area contributed by atoms with Crippen LogP contribution in [0.4, 0.5) is 0 Å². The largest absolute Gasteiger partial charge is 0.321 e. The van der Waals surface area contributed by atoms with E-state index in [9.17, 15) is 0 Å². The SMILES string of the molecule is CCCn1ncnc1CC(C)(N)c1ccccc1Cl. The Morgan fingerprint density at radius 2 is 2.11 bits per heavy atom. The molecule has 0 fully saturated rings. The molecule has 2 rings (SSSR count). The average Bonchev–Trinajstić information content (AvgIpc) is 2.77. The van der Waals surface area contributed by atoms with E-state index < -0.39 is 5.54 Å².